The number of carbonyl (C=O) groups is 2. The van der Waals surface area contributed by atoms with Crippen LogP contribution in [0, 0.1) is 5.82 Å². The summed E-state index contributed by atoms with van der Waals surface area (Å²) in [5, 5.41) is 2.99. The van der Waals surface area contributed by atoms with Crippen LogP contribution in [0.5, 0.6) is 0 Å². The van der Waals surface area contributed by atoms with Crippen LogP contribution in [0.15, 0.2) is 36.4 Å². The van der Waals surface area contributed by atoms with Gasteiger partial charge in [0.15, 0.2) is 6.61 Å². The van der Waals surface area contributed by atoms with Crippen molar-refractivity contribution < 1.29 is 18.7 Å². The number of rotatable bonds is 6. The number of esters is 1. The molecule has 1 N–H and O–H groups in total. The zero-order chi connectivity index (χ0) is 18.4. The van der Waals surface area contributed by atoms with Gasteiger partial charge in [-0.3, -0.25) is 4.79 Å². The summed E-state index contributed by atoms with van der Waals surface area (Å²) >= 11 is 5.74. The van der Waals surface area contributed by atoms with Crippen LogP contribution in [-0.4, -0.2) is 18.5 Å². The fourth-order valence-corrected chi connectivity index (χ4v) is 2.61. The third kappa shape index (κ3) is 4.79. The number of amides is 1. The lowest BCUT2D eigenvalue weighted by Crippen LogP contribution is -2.22. The molecule has 0 aliphatic rings. The fraction of sp³-hybridized carbons (Fsp3) is 0.263. The number of hydrogen-bond acceptors (Lipinski definition) is 3. The van der Waals surface area contributed by atoms with Gasteiger partial charge in [-0.15, -0.1) is 0 Å². The van der Waals surface area contributed by atoms with E-state index in [0.717, 1.165) is 35.7 Å². The summed E-state index contributed by atoms with van der Waals surface area (Å²) in [6.07, 6.45) is 1.52. The van der Waals surface area contributed by atoms with Crippen LogP contribution in [0.1, 0.15) is 35.3 Å². The average molecular weight is 364 g/mol. The Morgan fingerprint density at radius 1 is 1.12 bits per heavy atom. The van der Waals surface area contributed by atoms with Gasteiger partial charge >= 0.3 is 5.97 Å². The van der Waals surface area contributed by atoms with Gasteiger partial charge in [0, 0.05) is 10.7 Å². The van der Waals surface area contributed by atoms with Gasteiger partial charge < -0.3 is 10.1 Å². The van der Waals surface area contributed by atoms with Crippen LogP contribution < -0.4 is 5.32 Å². The van der Waals surface area contributed by atoms with Crippen molar-refractivity contribution in [3.63, 3.8) is 0 Å². The fourth-order valence-electron chi connectivity index (χ4n) is 2.44. The number of para-hydroxylation sites is 1. The van der Waals surface area contributed by atoms with Crippen LogP contribution in [0.25, 0.3) is 0 Å². The van der Waals surface area contributed by atoms with Crippen LogP contribution in [0.3, 0.4) is 0 Å². The first-order valence-electron chi connectivity index (χ1n) is 7.99. The first-order chi connectivity index (χ1) is 12.0. The highest BCUT2D eigenvalue weighted by atomic mass is 35.5. The van der Waals surface area contributed by atoms with Crippen LogP contribution in [-0.2, 0) is 22.4 Å². The maximum atomic E-state index is 13.6. The summed E-state index contributed by atoms with van der Waals surface area (Å²) < 4.78 is 18.5. The number of hydrogen-bond donors (Lipinski definition) is 1. The van der Waals surface area contributed by atoms with E-state index in [-0.39, 0.29) is 10.6 Å². The molecule has 0 atom stereocenters. The largest absolute Gasteiger partial charge is 0.452 e. The number of aryl methyl sites for hydroxylation is 2. The molecule has 0 radical (unpaired) electrons. The van der Waals surface area contributed by atoms with Gasteiger partial charge in [0.2, 0.25) is 0 Å². The maximum absolute atomic E-state index is 13.6. The Morgan fingerprint density at radius 2 is 1.76 bits per heavy atom. The molecular formula is C19H19ClFNO3. The summed E-state index contributed by atoms with van der Waals surface area (Å²) in [5.74, 6) is -2.17. The van der Waals surface area contributed by atoms with Crippen LogP contribution in [0.4, 0.5) is 10.1 Å². The molecule has 4 nitrogen and oxygen atoms in total. The van der Waals surface area contributed by atoms with Gasteiger partial charge in [0.05, 0.1) is 5.56 Å². The Morgan fingerprint density at radius 3 is 2.36 bits per heavy atom. The van der Waals surface area contributed by atoms with Gasteiger partial charge in [0.25, 0.3) is 5.91 Å². The minimum Gasteiger partial charge on any atom is -0.452 e. The van der Waals surface area contributed by atoms with Crippen molar-refractivity contribution >= 4 is 29.2 Å². The third-order valence-electron chi connectivity index (χ3n) is 3.75. The Kier molecular flexibility index (Phi) is 6.53. The van der Waals surface area contributed by atoms with Gasteiger partial charge in [-0.25, -0.2) is 9.18 Å². The lowest BCUT2D eigenvalue weighted by atomic mass is 10.0. The van der Waals surface area contributed by atoms with E-state index in [2.05, 4.69) is 5.32 Å². The lowest BCUT2D eigenvalue weighted by Gasteiger charge is -2.14. The number of carbonyl (C=O) groups excluding carboxylic acids is 2. The van der Waals surface area contributed by atoms with E-state index in [4.69, 9.17) is 16.3 Å². The highest BCUT2D eigenvalue weighted by Crippen LogP contribution is 2.22. The molecule has 0 fully saturated rings. The molecule has 0 unspecified atom stereocenters. The highest BCUT2D eigenvalue weighted by Gasteiger charge is 2.16. The van der Waals surface area contributed by atoms with E-state index in [0.29, 0.717) is 0 Å². The predicted octanol–water partition coefficient (Wildman–Crippen LogP) is 4.40. The second kappa shape index (κ2) is 8.62. The van der Waals surface area contributed by atoms with Crippen molar-refractivity contribution in [2.75, 3.05) is 11.9 Å². The van der Waals surface area contributed by atoms with Gasteiger partial charge in [0.1, 0.15) is 5.82 Å². The van der Waals surface area contributed by atoms with E-state index in [9.17, 15) is 14.0 Å². The molecule has 0 aliphatic heterocycles. The molecule has 0 bridgehead atoms. The van der Waals surface area contributed by atoms with E-state index in [1.54, 1.807) is 0 Å². The molecule has 132 valence electrons. The highest BCUT2D eigenvalue weighted by molar-refractivity contribution is 6.30. The second-order valence-electron chi connectivity index (χ2n) is 5.41. The molecule has 0 saturated heterocycles. The quantitative estimate of drug-likeness (QED) is 0.774. The van der Waals surface area contributed by atoms with Gasteiger partial charge in [-0.1, -0.05) is 43.6 Å². The van der Waals surface area contributed by atoms with Crippen molar-refractivity contribution in [2.45, 2.75) is 26.7 Å². The lowest BCUT2D eigenvalue weighted by molar-refractivity contribution is -0.119. The van der Waals surface area contributed by atoms with Crippen LogP contribution >= 0.6 is 11.6 Å². The topological polar surface area (TPSA) is 55.4 Å². The summed E-state index contributed by atoms with van der Waals surface area (Å²) in [5.41, 5.74) is 2.44. The number of nitrogens with one attached hydrogen (secondary N) is 1. The van der Waals surface area contributed by atoms with E-state index in [1.807, 2.05) is 32.0 Å². The third-order valence-corrected chi connectivity index (χ3v) is 3.98. The molecule has 0 saturated carbocycles. The van der Waals surface area contributed by atoms with Crippen molar-refractivity contribution in [3.05, 3.63) is 63.9 Å². The van der Waals surface area contributed by atoms with Crippen molar-refractivity contribution in [1.82, 2.24) is 0 Å². The number of ether oxygens (including phenoxy) is 1. The Bertz CT molecular complexity index is 770. The predicted molar refractivity (Wildman–Crippen MR) is 95.5 cm³/mol. The van der Waals surface area contributed by atoms with Gasteiger partial charge in [-0.2, -0.15) is 0 Å². The smallest absolute Gasteiger partial charge is 0.341 e. The SMILES string of the molecule is CCc1cccc(CC)c1NC(=O)COC(=O)c1cc(Cl)ccc1F. The Balaban J connectivity index is 2.04. The van der Waals surface area contributed by atoms with E-state index < -0.39 is 24.3 Å². The number of halogens is 2. The first kappa shape index (κ1) is 18.9. The molecule has 2 aromatic carbocycles. The molecule has 6 heteroatoms. The summed E-state index contributed by atoms with van der Waals surface area (Å²) in [6, 6.07) is 9.37. The van der Waals surface area contributed by atoms with Crippen molar-refractivity contribution in [2.24, 2.45) is 0 Å². The maximum Gasteiger partial charge on any atom is 0.341 e. The molecule has 0 aliphatic carbocycles. The minimum absolute atomic E-state index is 0.210. The Hall–Kier alpha value is -2.40. The van der Waals surface area contributed by atoms with E-state index >= 15 is 0 Å². The molecule has 25 heavy (non-hydrogen) atoms. The molecular weight excluding hydrogens is 345 g/mol. The summed E-state index contributed by atoms with van der Waals surface area (Å²) in [6.45, 7) is 3.48. The first-order valence-corrected chi connectivity index (χ1v) is 8.36. The zero-order valence-corrected chi connectivity index (χ0v) is 14.8. The van der Waals surface area contributed by atoms with Crippen LogP contribution in [0.2, 0.25) is 5.02 Å². The van der Waals surface area contributed by atoms with Crippen molar-refractivity contribution in [3.8, 4) is 0 Å². The van der Waals surface area contributed by atoms with Crippen molar-refractivity contribution in [1.29, 1.82) is 0 Å². The minimum atomic E-state index is -0.936. The summed E-state index contributed by atoms with van der Waals surface area (Å²) in [4.78, 5) is 24.0. The molecule has 0 heterocycles. The molecule has 2 rings (SSSR count). The normalized spacial score (nSPS) is 10.4. The van der Waals surface area contributed by atoms with E-state index in [1.165, 1.54) is 12.1 Å². The monoisotopic (exact) mass is 363 g/mol. The van der Waals surface area contributed by atoms with Gasteiger partial charge in [-0.05, 0) is 42.2 Å². The second-order valence-corrected chi connectivity index (χ2v) is 5.84. The molecule has 1 amide bonds. The zero-order valence-electron chi connectivity index (χ0n) is 14.1. The molecule has 0 spiro atoms. The Labute approximate surface area is 150 Å². The molecule has 2 aromatic rings. The average Bonchev–Trinajstić information content (AvgIpc) is 2.61. The standard InChI is InChI=1S/C19H19ClFNO3/c1-3-12-6-5-7-13(4-2)18(12)22-17(23)11-25-19(24)15-10-14(20)8-9-16(15)21/h5-10H,3-4,11H2,1-2H3,(H,22,23). The molecule has 0 aromatic heterocycles. The number of anilines is 1. The number of benzene rings is 2. The summed E-state index contributed by atoms with van der Waals surface area (Å²) in [7, 11) is 0.